The maximum absolute atomic E-state index is 13.2. The van der Waals surface area contributed by atoms with Gasteiger partial charge in [-0.1, -0.05) is 65.8 Å². The second-order valence-corrected chi connectivity index (χ2v) is 8.62. The number of carbonyl (C=O) groups excluding carboxylic acids is 2. The second kappa shape index (κ2) is 9.91. The minimum Gasteiger partial charge on any atom is -0.355 e. The SMILES string of the molecule is O=C(CCCc1ccccc1)N1CCN(C(=O)c2ccc3noc(-c4ccccc4)c3c2)CC1. The van der Waals surface area contributed by atoms with Crippen LogP contribution in [0.3, 0.4) is 0 Å². The van der Waals surface area contributed by atoms with E-state index < -0.39 is 0 Å². The van der Waals surface area contributed by atoms with E-state index in [0.717, 1.165) is 29.3 Å². The van der Waals surface area contributed by atoms with Gasteiger partial charge in [-0.2, -0.15) is 0 Å². The molecule has 0 radical (unpaired) electrons. The van der Waals surface area contributed by atoms with Gasteiger partial charge in [0, 0.05) is 43.7 Å². The molecule has 3 aromatic carbocycles. The summed E-state index contributed by atoms with van der Waals surface area (Å²) in [6, 6.07) is 25.5. The highest BCUT2D eigenvalue weighted by atomic mass is 16.5. The Morgan fingerprint density at radius 1 is 0.824 bits per heavy atom. The number of aryl methyl sites for hydroxylation is 1. The van der Waals surface area contributed by atoms with E-state index in [9.17, 15) is 9.59 Å². The topological polar surface area (TPSA) is 66.7 Å². The lowest BCUT2D eigenvalue weighted by Gasteiger charge is -2.35. The highest BCUT2D eigenvalue weighted by Crippen LogP contribution is 2.29. The molecular weight excluding hydrogens is 426 g/mol. The van der Waals surface area contributed by atoms with Crippen molar-refractivity contribution < 1.29 is 14.1 Å². The van der Waals surface area contributed by atoms with Crippen molar-refractivity contribution in [3.8, 4) is 11.3 Å². The van der Waals surface area contributed by atoms with E-state index in [1.165, 1.54) is 5.56 Å². The number of amides is 2. The zero-order valence-electron chi connectivity index (χ0n) is 19.0. The number of aromatic nitrogens is 1. The van der Waals surface area contributed by atoms with Gasteiger partial charge >= 0.3 is 0 Å². The third-order valence-corrected chi connectivity index (χ3v) is 6.38. The molecule has 34 heavy (non-hydrogen) atoms. The van der Waals surface area contributed by atoms with Crippen molar-refractivity contribution in [1.82, 2.24) is 15.0 Å². The third kappa shape index (κ3) is 4.71. The molecule has 1 aromatic heterocycles. The molecular formula is C28H27N3O3. The molecule has 1 saturated heterocycles. The van der Waals surface area contributed by atoms with E-state index in [4.69, 9.17) is 4.52 Å². The number of nitrogens with zero attached hydrogens (tertiary/aromatic N) is 3. The molecule has 0 spiro atoms. The third-order valence-electron chi connectivity index (χ3n) is 6.38. The first-order valence-corrected chi connectivity index (χ1v) is 11.7. The van der Waals surface area contributed by atoms with Crippen LogP contribution in [-0.4, -0.2) is 52.9 Å². The van der Waals surface area contributed by atoms with Gasteiger partial charge in [-0.05, 0) is 36.6 Å². The first-order valence-electron chi connectivity index (χ1n) is 11.7. The highest BCUT2D eigenvalue weighted by Gasteiger charge is 2.25. The summed E-state index contributed by atoms with van der Waals surface area (Å²) in [4.78, 5) is 29.5. The Hall–Kier alpha value is -3.93. The predicted octanol–water partition coefficient (Wildman–Crippen LogP) is 4.80. The van der Waals surface area contributed by atoms with E-state index in [1.54, 1.807) is 6.07 Å². The van der Waals surface area contributed by atoms with Crippen molar-refractivity contribution in [2.24, 2.45) is 0 Å². The van der Waals surface area contributed by atoms with Gasteiger partial charge in [0.2, 0.25) is 5.91 Å². The van der Waals surface area contributed by atoms with Gasteiger partial charge in [0.25, 0.3) is 5.91 Å². The summed E-state index contributed by atoms with van der Waals surface area (Å²) in [5, 5.41) is 4.96. The van der Waals surface area contributed by atoms with Gasteiger partial charge in [0.1, 0.15) is 5.52 Å². The Labute approximate surface area is 198 Å². The molecule has 0 saturated carbocycles. The van der Waals surface area contributed by atoms with Crippen LogP contribution in [-0.2, 0) is 11.2 Å². The molecule has 2 amide bonds. The smallest absolute Gasteiger partial charge is 0.254 e. The standard InChI is InChI=1S/C28H27N3O3/c32-26(13-7-10-21-8-3-1-4-9-21)30-16-18-31(19-17-30)28(33)23-14-15-25-24(20-23)27(34-29-25)22-11-5-2-6-12-22/h1-6,8-9,11-12,14-15,20H,7,10,13,16-19H2. The van der Waals surface area contributed by atoms with Crippen LogP contribution in [0.5, 0.6) is 0 Å². The molecule has 0 aliphatic carbocycles. The molecule has 0 unspecified atom stereocenters. The van der Waals surface area contributed by atoms with Gasteiger partial charge in [-0.25, -0.2) is 0 Å². The summed E-state index contributed by atoms with van der Waals surface area (Å²) in [6.07, 6.45) is 2.28. The Morgan fingerprint density at radius 3 is 2.24 bits per heavy atom. The van der Waals surface area contributed by atoms with Crippen molar-refractivity contribution >= 4 is 22.7 Å². The first-order chi connectivity index (χ1) is 16.7. The zero-order chi connectivity index (χ0) is 23.3. The fourth-order valence-electron chi connectivity index (χ4n) is 4.46. The fourth-order valence-corrected chi connectivity index (χ4v) is 4.46. The summed E-state index contributed by atoms with van der Waals surface area (Å²) in [7, 11) is 0. The summed E-state index contributed by atoms with van der Waals surface area (Å²) in [5.74, 6) is 0.802. The Morgan fingerprint density at radius 2 is 1.50 bits per heavy atom. The van der Waals surface area contributed by atoms with Crippen LogP contribution in [0.1, 0.15) is 28.8 Å². The maximum Gasteiger partial charge on any atom is 0.254 e. The number of benzene rings is 3. The number of hydrogen-bond donors (Lipinski definition) is 0. The molecule has 1 aliphatic rings. The maximum atomic E-state index is 13.2. The predicted molar refractivity (Wildman–Crippen MR) is 131 cm³/mol. The highest BCUT2D eigenvalue weighted by molar-refractivity contribution is 6.01. The van der Waals surface area contributed by atoms with E-state index in [-0.39, 0.29) is 11.8 Å². The summed E-state index contributed by atoms with van der Waals surface area (Å²) in [5.41, 5.74) is 3.51. The first kappa shape index (κ1) is 21.9. The van der Waals surface area contributed by atoms with Gasteiger partial charge in [-0.15, -0.1) is 0 Å². The largest absolute Gasteiger partial charge is 0.355 e. The quantitative estimate of drug-likeness (QED) is 0.421. The molecule has 5 rings (SSSR count). The number of piperazine rings is 1. The molecule has 0 N–H and O–H groups in total. The Kier molecular flexibility index (Phi) is 6.38. The molecule has 0 bridgehead atoms. The summed E-state index contributed by atoms with van der Waals surface area (Å²) < 4.78 is 5.56. The van der Waals surface area contributed by atoms with Crippen molar-refractivity contribution in [1.29, 1.82) is 0 Å². The Balaban J connectivity index is 1.19. The van der Waals surface area contributed by atoms with Crippen molar-refractivity contribution in [2.45, 2.75) is 19.3 Å². The molecule has 6 nitrogen and oxygen atoms in total. The van der Waals surface area contributed by atoms with Crippen LogP contribution in [0.4, 0.5) is 0 Å². The fraction of sp³-hybridized carbons (Fsp3) is 0.250. The number of carbonyl (C=O) groups is 2. The average Bonchev–Trinajstić information content (AvgIpc) is 3.33. The minimum absolute atomic E-state index is 0.0294. The van der Waals surface area contributed by atoms with Gasteiger partial charge in [0.05, 0.1) is 5.39 Å². The lowest BCUT2D eigenvalue weighted by atomic mass is 10.1. The van der Waals surface area contributed by atoms with E-state index >= 15 is 0 Å². The molecule has 6 heteroatoms. The van der Waals surface area contributed by atoms with Crippen molar-refractivity contribution in [3.63, 3.8) is 0 Å². The molecule has 2 heterocycles. The Bertz CT molecular complexity index is 1280. The second-order valence-electron chi connectivity index (χ2n) is 8.62. The van der Waals surface area contributed by atoms with Gasteiger partial charge in [-0.3, -0.25) is 9.59 Å². The molecule has 172 valence electrons. The van der Waals surface area contributed by atoms with Crippen molar-refractivity contribution in [3.05, 3.63) is 90.0 Å². The summed E-state index contributed by atoms with van der Waals surface area (Å²) in [6.45, 7) is 2.22. The van der Waals surface area contributed by atoms with Crippen LogP contribution < -0.4 is 0 Å². The van der Waals surface area contributed by atoms with E-state index in [0.29, 0.717) is 43.9 Å². The lowest BCUT2D eigenvalue weighted by Crippen LogP contribution is -2.50. The minimum atomic E-state index is -0.0294. The number of fused-ring (bicyclic) bond motifs is 1. The van der Waals surface area contributed by atoms with E-state index in [1.807, 2.05) is 70.5 Å². The van der Waals surface area contributed by atoms with Crippen LogP contribution >= 0.6 is 0 Å². The zero-order valence-corrected chi connectivity index (χ0v) is 19.0. The normalized spacial score (nSPS) is 13.9. The summed E-state index contributed by atoms with van der Waals surface area (Å²) >= 11 is 0. The van der Waals surface area contributed by atoms with Crippen LogP contribution in [0.15, 0.2) is 83.4 Å². The van der Waals surface area contributed by atoms with Gasteiger partial charge < -0.3 is 14.3 Å². The number of rotatable bonds is 6. The lowest BCUT2D eigenvalue weighted by molar-refractivity contribution is -0.132. The van der Waals surface area contributed by atoms with Crippen LogP contribution in [0, 0.1) is 0 Å². The average molecular weight is 454 g/mol. The van der Waals surface area contributed by atoms with Crippen molar-refractivity contribution in [2.75, 3.05) is 26.2 Å². The molecule has 1 fully saturated rings. The monoisotopic (exact) mass is 453 g/mol. The molecule has 1 aliphatic heterocycles. The van der Waals surface area contributed by atoms with E-state index in [2.05, 4.69) is 17.3 Å². The van der Waals surface area contributed by atoms with Gasteiger partial charge in [0.15, 0.2) is 5.76 Å². The number of hydrogen-bond acceptors (Lipinski definition) is 4. The van der Waals surface area contributed by atoms with Crippen LogP contribution in [0.25, 0.3) is 22.2 Å². The van der Waals surface area contributed by atoms with Crippen LogP contribution in [0.2, 0.25) is 0 Å². The molecule has 0 atom stereocenters. The molecule has 4 aromatic rings.